The van der Waals surface area contributed by atoms with Gasteiger partial charge in [-0.15, -0.1) is 0 Å². The lowest BCUT2D eigenvalue weighted by atomic mass is 10.0. The van der Waals surface area contributed by atoms with Crippen LogP contribution in [0, 0.1) is 12.7 Å². The Bertz CT molecular complexity index is 641. The zero-order valence-corrected chi connectivity index (χ0v) is 13.0. The molecule has 1 N–H and O–H groups in total. The lowest BCUT2D eigenvalue weighted by molar-refractivity contribution is 0.0941. The molecule has 0 saturated carbocycles. The second-order valence-corrected chi connectivity index (χ2v) is 5.49. The summed E-state index contributed by atoms with van der Waals surface area (Å²) in [7, 11) is 3.92. The van der Waals surface area contributed by atoms with Crippen LogP contribution in [0.4, 0.5) is 4.39 Å². The number of pyridine rings is 1. The van der Waals surface area contributed by atoms with Crippen LogP contribution < -0.4 is 5.32 Å². The maximum atomic E-state index is 13.1. The molecule has 116 valence electrons. The van der Waals surface area contributed by atoms with E-state index in [1.54, 1.807) is 0 Å². The molecular weight excluding hydrogens is 281 g/mol. The highest BCUT2D eigenvalue weighted by atomic mass is 19.1. The molecule has 1 heterocycles. The van der Waals surface area contributed by atoms with E-state index in [1.807, 2.05) is 38.1 Å². The Hall–Kier alpha value is -2.27. The second kappa shape index (κ2) is 7.13. The summed E-state index contributed by atoms with van der Waals surface area (Å²) in [5.41, 5.74) is 2.53. The molecule has 1 aromatic carbocycles. The van der Waals surface area contributed by atoms with Crippen LogP contribution in [0.2, 0.25) is 0 Å². The average Bonchev–Trinajstić information content (AvgIpc) is 2.48. The number of benzene rings is 1. The van der Waals surface area contributed by atoms with Crippen LogP contribution in [0.3, 0.4) is 0 Å². The molecule has 2 aromatic rings. The van der Waals surface area contributed by atoms with Crippen molar-refractivity contribution in [1.29, 1.82) is 0 Å². The van der Waals surface area contributed by atoms with Crippen LogP contribution in [0.1, 0.15) is 27.5 Å². The van der Waals surface area contributed by atoms with Gasteiger partial charge in [-0.1, -0.05) is 29.8 Å². The minimum Gasteiger partial charge on any atom is -0.350 e. The summed E-state index contributed by atoms with van der Waals surface area (Å²) in [4.78, 5) is 17.8. The molecule has 1 unspecified atom stereocenters. The van der Waals surface area contributed by atoms with Gasteiger partial charge in [0.25, 0.3) is 5.91 Å². The van der Waals surface area contributed by atoms with Gasteiger partial charge in [0.05, 0.1) is 17.8 Å². The van der Waals surface area contributed by atoms with Crippen LogP contribution in [0.5, 0.6) is 0 Å². The van der Waals surface area contributed by atoms with Crippen LogP contribution in [-0.4, -0.2) is 36.4 Å². The molecule has 0 spiro atoms. The maximum Gasteiger partial charge on any atom is 0.253 e. The van der Waals surface area contributed by atoms with Gasteiger partial charge in [-0.3, -0.25) is 9.78 Å². The van der Waals surface area contributed by atoms with E-state index in [0.717, 1.165) is 11.8 Å². The van der Waals surface area contributed by atoms with Crippen molar-refractivity contribution >= 4 is 5.91 Å². The molecule has 1 aromatic heterocycles. The minimum atomic E-state index is -0.518. The van der Waals surface area contributed by atoms with Gasteiger partial charge in [0, 0.05) is 12.7 Å². The van der Waals surface area contributed by atoms with Crippen molar-refractivity contribution in [3.05, 3.63) is 65.2 Å². The number of nitrogens with one attached hydrogen (secondary N) is 1. The predicted molar refractivity (Wildman–Crippen MR) is 84.1 cm³/mol. The number of hydrogen-bond acceptors (Lipinski definition) is 3. The first-order valence-corrected chi connectivity index (χ1v) is 7.09. The van der Waals surface area contributed by atoms with E-state index in [2.05, 4.69) is 22.4 Å². The molecular formula is C17H20FN3O. The fourth-order valence-corrected chi connectivity index (χ4v) is 2.21. The molecule has 5 heteroatoms. The van der Waals surface area contributed by atoms with Crippen molar-refractivity contribution < 1.29 is 9.18 Å². The lowest BCUT2D eigenvalue weighted by Crippen LogP contribution is -2.34. The zero-order chi connectivity index (χ0) is 16.1. The maximum absolute atomic E-state index is 13.1. The molecule has 2 rings (SSSR count). The van der Waals surface area contributed by atoms with Gasteiger partial charge in [-0.05, 0) is 32.6 Å². The van der Waals surface area contributed by atoms with E-state index < -0.39 is 5.82 Å². The predicted octanol–water partition coefficient (Wildman–Crippen LogP) is 2.56. The number of aromatic nitrogens is 1. The number of halogens is 1. The molecule has 0 aliphatic heterocycles. The van der Waals surface area contributed by atoms with Gasteiger partial charge < -0.3 is 10.2 Å². The molecule has 0 radical (unpaired) electrons. The summed E-state index contributed by atoms with van der Waals surface area (Å²) in [6, 6.07) is 9.42. The molecule has 0 saturated heterocycles. The smallest absolute Gasteiger partial charge is 0.253 e. The van der Waals surface area contributed by atoms with Gasteiger partial charge >= 0.3 is 0 Å². The lowest BCUT2D eigenvalue weighted by Gasteiger charge is -2.25. The monoisotopic (exact) mass is 301 g/mol. The van der Waals surface area contributed by atoms with Crippen LogP contribution in [0.25, 0.3) is 0 Å². The van der Waals surface area contributed by atoms with Crippen molar-refractivity contribution in [2.45, 2.75) is 13.0 Å². The Labute approximate surface area is 130 Å². The number of rotatable bonds is 5. The third kappa shape index (κ3) is 4.11. The quantitative estimate of drug-likeness (QED) is 0.923. The summed E-state index contributed by atoms with van der Waals surface area (Å²) >= 11 is 0. The SMILES string of the molecule is Cc1ccc(C(CNC(=O)c2cncc(F)c2)N(C)C)cc1. The van der Waals surface area contributed by atoms with Gasteiger partial charge in [0.15, 0.2) is 0 Å². The van der Waals surface area contributed by atoms with Gasteiger partial charge in [0.1, 0.15) is 5.82 Å². The Morgan fingerprint density at radius 3 is 2.55 bits per heavy atom. The Morgan fingerprint density at radius 1 is 1.27 bits per heavy atom. The van der Waals surface area contributed by atoms with Crippen molar-refractivity contribution in [1.82, 2.24) is 15.2 Å². The first-order chi connectivity index (χ1) is 10.5. The Morgan fingerprint density at radius 2 is 1.95 bits per heavy atom. The number of carbonyl (C=O) groups excluding carboxylic acids is 1. The average molecular weight is 301 g/mol. The van der Waals surface area contributed by atoms with Gasteiger partial charge in [-0.2, -0.15) is 0 Å². The first kappa shape index (κ1) is 16.1. The fourth-order valence-electron chi connectivity index (χ4n) is 2.21. The first-order valence-electron chi connectivity index (χ1n) is 7.09. The molecule has 1 atom stereocenters. The van der Waals surface area contributed by atoms with Crippen molar-refractivity contribution in [3.63, 3.8) is 0 Å². The normalized spacial score (nSPS) is 12.2. The molecule has 4 nitrogen and oxygen atoms in total. The molecule has 0 aliphatic carbocycles. The number of nitrogens with zero attached hydrogens (tertiary/aromatic N) is 2. The topological polar surface area (TPSA) is 45.2 Å². The van der Waals surface area contributed by atoms with Crippen molar-refractivity contribution in [3.8, 4) is 0 Å². The van der Waals surface area contributed by atoms with E-state index >= 15 is 0 Å². The minimum absolute atomic E-state index is 0.0473. The summed E-state index contributed by atoms with van der Waals surface area (Å²) in [6.07, 6.45) is 2.43. The molecule has 0 aliphatic rings. The summed E-state index contributed by atoms with van der Waals surface area (Å²) < 4.78 is 13.1. The third-order valence-electron chi connectivity index (χ3n) is 3.51. The van der Waals surface area contributed by atoms with Crippen LogP contribution in [0.15, 0.2) is 42.7 Å². The number of hydrogen-bond donors (Lipinski definition) is 1. The Kier molecular flexibility index (Phi) is 5.22. The largest absolute Gasteiger partial charge is 0.350 e. The highest BCUT2D eigenvalue weighted by Gasteiger charge is 2.16. The highest BCUT2D eigenvalue weighted by molar-refractivity contribution is 5.93. The standard InChI is InChI=1S/C17H20FN3O/c1-12-4-6-13(7-5-12)16(21(2)3)11-20-17(22)14-8-15(18)10-19-9-14/h4-10,16H,11H2,1-3H3,(H,20,22). The number of amides is 1. The van der Waals surface area contributed by atoms with Crippen molar-refractivity contribution in [2.75, 3.05) is 20.6 Å². The molecule has 0 fully saturated rings. The van der Waals surface area contributed by atoms with Crippen LogP contribution in [-0.2, 0) is 0 Å². The molecule has 22 heavy (non-hydrogen) atoms. The zero-order valence-electron chi connectivity index (χ0n) is 13.0. The Balaban J connectivity index is 2.06. The third-order valence-corrected chi connectivity index (χ3v) is 3.51. The molecule has 1 amide bonds. The van der Waals surface area contributed by atoms with E-state index in [1.165, 1.54) is 17.8 Å². The van der Waals surface area contributed by atoms with E-state index in [-0.39, 0.29) is 17.5 Å². The van der Waals surface area contributed by atoms with Crippen LogP contribution >= 0.6 is 0 Å². The summed E-state index contributed by atoms with van der Waals surface area (Å²) in [5.74, 6) is -0.846. The van der Waals surface area contributed by atoms with Gasteiger partial charge in [0.2, 0.25) is 0 Å². The second-order valence-electron chi connectivity index (χ2n) is 5.49. The highest BCUT2D eigenvalue weighted by Crippen LogP contribution is 2.18. The van der Waals surface area contributed by atoms with E-state index in [9.17, 15) is 9.18 Å². The van der Waals surface area contributed by atoms with E-state index in [4.69, 9.17) is 0 Å². The van der Waals surface area contributed by atoms with Gasteiger partial charge in [-0.25, -0.2) is 4.39 Å². The summed E-state index contributed by atoms with van der Waals surface area (Å²) in [5, 5.41) is 2.83. The van der Waals surface area contributed by atoms with Crippen molar-refractivity contribution in [2.24, 2.45) is 0 Å². The van der Waals surface area contributed by atoms with E-state index in [0.29, 0.717) is 6.54 Å². The fraction of sp³-hybridized carbons (Fsp3) is 0.294. The molecule has 0 bridgehead atoms. The number of carbonyl (C=O) groups is 1. The number of likely N-dealkylation sites (N-methyl/N-ethyl adjacent to an activating group) is 1. The number of aryl methyl sites for hydroxylation is 1. The summed E-state index contributed by atoms with van der Waals surface area (Å²) in [6.45, 7) is 2.47.